The monoisotopic (exact) mass is 225 g/mol. The molecule has 1 saturated heterocycles. The Morgan fingerprint density at radius 3 is 2.62 bits per heavy atom. The second-order valence-corrected chi connectivity index (χ2v) is 5.42. The van der Waals surface area contributed by atoms with Gasteiger partial charge in [-0.1, -0.05) is 20.3 Å². The molecule has 2 fully saturated rings. The van der Waals surface area contributed by atoms with Crippen molar-refractivity contribution in [2.75, 3.05) is 13.1 Å². The topological polar surface area (TPSA) is 57.6 Å². The SMILES string of the molecule is CC(C)C(=O)N1C[C@@H]2CCC[C@@]2(C(=O)O)C1. The molecule has 90 valence electrons. The Kier molecular flexibility index (Phi) is 2.68. The number of rotatable bonds is 2. The summed E-state index contributed by atoms with van der Waals surface area (Å²) in [6.07, 6.45) is 2.67. The number of carboxylic acid groups (broad SMARTS) is 1. The van der Waals surface area contributed by atoms with Gasteiger partial charge in [-0.2, -0.15) is 0 Å². The molecule has 2 aliphatic rings. The summed E-state index contributed by atoms with van der Waals surface area (Å²) in [5.74, 6) is -0.485. The minimum Gasteiger partial charge on any atom is -0.481 e. The Hall–Kier alpha value is -1.06. The molecule has 1 amide bonds. The standard InChI is InChI=1S/C12H19NO3/c1-8(2)10(14)13-6-9-4-3-5-12(9,7-13)11(15)16/h8-9H,3-7H2,1-2H3,(H,15,16)/t9-,12+/m0/s1. The van der Waals surface area contributed by atoms with Crippen LogP contribution in [0.4, 0.5) is 0 Å². The molecule has 1 N–H and O–H groups in total. The van der Waals surface area contributed by atoms with Crippen LogP contribution in [0.15, 0.2) is 0 Å². The first kappa shape index (κ1) is 11.4. The molecule has 0 unspecified atom stereocenters. The maximum absolute atomic E-state index is 11.9. The van der Waals surface area contributed by atoms with Gasteiger partial charge in [0, 0.05) is 19.0 Å². The number of aliphatic carboxylic acids is 1. The number of carboxylic acids is 1. The molecule has 4 heteroatoms. The van der Waals surface area contributed by atoms with Crippen molar-refractivity contribution in [1.29, 1.82) is 0 Å². The Morgan fingerprint density at radius 2 is 2.12 bits per heavy atom. The number of fused-ring (bicyclic) bond motifs is 1. The molecule has 16 heavy (non-hydrogen) atoms. The van der Waals surface area contributed by atoms with Crippen LogP contribution in [0.3, 0.4) is 0 Å². The van der Waals surface area contributed by atoms with Crippen molar-refractivity contribution < 1.29 is 14.7 Å². The summed E-state index contributed by atoms with van der Waals surface area (Å²) in [7, 11) is 0. The summed E-state index contributed by atoms with van der Waals surface area (Å²) < 4.78 is 0. The summed E-state index contributed by atoms with van der Waals surface area (Å²) in [6.45, 7) is 4.79. The number of nitrogens with zero attached hydrogens (tertiary/aromatic N) is 1. The van der Waals surface area contributed by atoms with Crippen LogP contribution < -0.4 is 0 Å². The lowest BCUT2D eigenvalue weighted by molar-refractivity contribution is -0.149. The van der Waals surface area contributed by atoms with E-state index in [4.69, 9.17) is 0 Å². The van der Waals surface area contributed by atoms with Crippen molar-refractivity contribution in [3.05, 3.63) is 0 Å². The maximum Gasteiger partial charge on any atom is 0.311 e. The molecule has 2 atom stereocenters. The van der Waals surface area contributed by atoms with Crippen LogP contribution >= 0.6 is 0 Å². The first-order valence-corrected chi connectivity index (χ1v) is 5.99. The Morgan fingerprint density at radius 1 is 1.44 bits per heavy atom. The fourth-order valence-electron chi connectivity index (χ4n) is 3.17. The van der Waals surface area contributed by atoms with E-state index in [-0.39, 0.29) is 17.7 Å². The first-order valence-electron chi connectivity index (χ1n) is 5.99. The van der Waals surface area contributed by atoms with Crippen LogP contribution in [0.2, 0.25) is 0 Å². The normalized spacial score (nSPS) is 33.2. The molecule has 0 radical (unpaired) electrons. The molecule has 1 heterocycles. The average molecular weight is 225 g/mol. The van der Waals surface area contributed by atoms with Crippen LogP contribution in [0.5, 0.6) is 0 Å². The van der Waals surface area contributed by atoms with Crippen molar-refractivity contribution in [3.8, 4) is 0 Å². The lowest BCUT2D eigenvalue weighted by Crippen LogP contribution is -2.38. The minimum atomic E-state index is -0.714. The lowest BCUT2D eigenvalue weighted by Gasteiger charge is -2.24. The van der Waals surface area contributed by atoms with Crippen LogP contribution in [0, 0.1) is 17.3 Å². The van der Waals surface area contributed by atoms with Crippen LogP contribution in [0.25, 0.3) is 0 Å². The van der Waals surface area contributed by atoms with Crippen molar-refractivity contribution in [2.45, 2.75) is 33.1 Å². The third-order valence-corrected chi connectivity index (χ3v) is 4.10. The van der Waals surface area contributed by atoms with Gasteiger partial charge in [-0.3, -0.25) is 9.59 Å². The molecule has 1 saturated carbocycles. The van der Waals surface area contributed by atoms with E-state index >= 15 is 0 Å². The first-order chi connectivity index (χ1) is 7.47. The second-order valence-electron chi connectivity index (χ2n) is 5.42. The Bertz CT molecular complexity index is 326. The zero-order valence-electron chi connectivity index (χ0n) is 9.90. The molecule has 0 spiro atoms. The average Bonchev–Trinajstić information content (AvgIpc) is 2.72. The molecule has 2 rings (SSSR count). The number of carbonyl (C=O) groups is 2. The number of hydrogen-bond acceptors (Lipinski definition) is 2. The molecule has 4 nitrogen and oxygen atoms in total. The molecule has 0 aromatic heterocycles. The second kappa shape index (κ2) is 3.75. The fraction of sp³-hybridized carbons (Fsp3) is 0.833. The van der Waals surface area contributed by atoms with Gasteiger partial charge >= 0.3 is 5.97 Å². The predicted molar refractivity (Wildman–Crippen MR) is 58.8 cm³/mol. The van der Waals surface area contributed by atoms with Gasteiger partial charge in [0.25, 0.3) is 0 Å². The summed E-state index contributed by atoms with van der Waals surface area (Å²) in [5, 5.41) is 9.37. The quantitative estimate of drug-likeness (QED) is 0.772. The molecule has 0 bridgehead atoms. The van der Waals surface area contributed by atoms with Crippen molar-refractivity contribution in [3.63, 3.8) is 0 Å². The van der Waals surface area contributed by atoms with Crippen molar-refractivity contribution in [2.24, 2.45) is 17.3 Å². The lowest BCUT2D eigenvalue weighted by atomic mass is 9.81. The summed E-state index contributed by atoms with van der Waals surface area (Å²) in [5.41, 5.74) is -0.634. The van der Waals surface area contributed by atoms with Gasteiger partial charge in [0.15, 0.2) is 0 Å². The predicted octanol–water partition coefficient (Wildman–Crippen LogP) is 1.36. The van der Waals surface area contributed by atoms with E-state index in [1.54, 1.807) is 4.90 Å². The highest BCUT2D eigenvalue weighted by atomic mass is 16.4. The van der Waals surface area contributed by atoms with Gasteiger partial charge in [-0.05, 0) is 18.8 Å². The number of hydrogen-bond donors (Lipinski definition) is 1. The highest BCUT2D eigenvalue weighted by molar-refractivity contribution is 5.82. The molecule has 1 aliphatic heterocycles. The van der Waals surface area contributed by atoms with Crippen LogP contribution in [0.1, 0.15) is 33.1 Å². The zero-order valence-corrected chi connectivity index (χ0v) is 9.90. The largest absolute Gasteiger partial charge is 0.481 e. The fourth-order valence-corrected chi connectivity index (χ4v) is 3.17. The summed E-state index contributed by atoms with van der Waals surface area (Å²) in [6, 6.07) is 0. The summed E-state index contributed by atoms with van der Waals surface area (Å²) in [4.78, 5) is 25.0. The third-order valence-electron chi connectivity index (χ3n) is 4.10. The molecular weight excluding hydrogens is 206 g/mol. The van der Waals surface area contributed by atoms with E-state index in [1.165, 1.54) is 0 Å². The van der Waals surface area contributed by atoms with Gasteiger partial charge < -0.3 is 10.0 Å². The van der Waals surface area contributed by atoms with Crippen molar-refractivity contribution in [1.82, 2.24) is 4.90 Å². The highest BCUT2D eigenvalue weighted by Gasteiger charge is 2.55. The molecular formula is C12H19NO3. The third kappa shape index (κ3) is 1.51. The van der Waals surface area contributed by atoms with Gasteiger partial charge in [0.1, 0.15) is 0 Å². The van der Waals surface area contributed by atoms with E-state index in [0.29, 0.717) is 13.1 Å². The number of likely N-dealkylation sites (tertiary alicyclic amines) is 1. The van der Waals surface area contributed by atoms with E-state index in [0.717, 1.165) is 19.3 Å². The minimum absolute atomic E-state index is 0.0373. The molecule has 0 aromatic rings. The van der Waals surface area contributed by atoms with Gasteiger partial charge in [-0.15, -0.1) is 0 Å². The smallest absolute Gasteiger partial charge is 0.311 e. The van der Waals surface area contributed by atoms with Crippen molar-refractivity contribution >= 4 is 11.9 Å². The van der Waals surface area contributed by atoms with E-state index in [1.807, 2.05) is 13.8 Å². The number of carbonyl (C=O) groups excluding carboxylic acids is 1. The van der Waals surface area contributed by atoms with Gasteiger partial charge in [-0.25, -0.2) is 0 Å². The van der Waals surface area contributed by atoms with Crippen LogP contribution in [-0.2, 0) is 9.59 Å². The van der Waals surface area contributed by atoms with Gasteiger partial charge in [0.2, 0.25) is 5.91 Å². The Balaban J connectivity index is 2.17. The van der Waals surface area contributed by atoms with E-state index in [2.05, 4.69) is 0 Å². The number of amides is 1. The van der Waals surface area contributed by atoms with Crippen LogP contribution in [-0.4, -0.2) is 35.0 Å². The summed E-state index contributed by atoms with van der Waals surface area (Å²) >= 11 is 0. The Labute approximate surface area is 95.6 Å². The maximum atomic E-state index is 11.9. The highest BCUT2D eigenvalue weighted by Crippen LogP contribution is 2.49. The van der Waals surface area contributed by atoms with E-state index in [9.17, 15) is 14.7 Å². The van der Waals surface area contributed by atoms with Gasteiger partial charge in [0.05, 0.1) is 5.41 Å². The zero-order chi connectivity index (χ0) is 11.9. The molecule has 1 aliphatic carbocycles. The molecule has 0 aromatic carbocycles. The van der Waals surface area contributed by atoms with E-state index < -0.39 is 11.4 Å².